The zero-order chi connectivity index (χ0) is 23.3. The number of imide groups is 1. The van der Waals surface area contributed by atoms with Crippen LogP contribution in [0.3, 0.4) is 0 Å². The first kappa shape index (κ1) is 23.9. The van der Waals surface area contributed by atoms with Crippen LogP contribution >= 0.6 is 23.5 Å². The number of hydrogen-bond donors (Lipinski definition) is 1. The summed E-state index contributed by atoms with van der Waals surface area (Å²) in [6.45, 7) is 3.99. The molecule has 0 bridgehead atoms. The molecule has 3 rings (SSSR count). The molecular weight excluding hydrogens is 451 g/mol. The molecule has 0 radical (unpaired) electrons. The van der Waals surface area contributed by atoms with E-state index in [1.54, 1.807) is 12.1 Å². The van der Waals surface area contributed by atoms with Gasteiger partial charge < -0.3 is 5.32 Å². The predicted octanol–water partition coefficient (Wildman–Crippen LogP) is 3.74. The Morgan fingerprint density at radius 3 is 2.56 bits per heavy atom. The Kier molecular flexibility index (Phi) is 8.03. The molecule has 1 aliphatic rings. The van der Waals surface area contributed by atoms with Crippen LogP contribution in [0.1, 0.15) is 28.9 Å². The first-order chi connectivity index (χ1) is 15.3. The predicted molar refractivity (Wildman–Crippen MR) is 124 cm³/mol. The Morgan fingerprint density at radius 2 is 1.91 bits per heavy atom. The van der Waals surface area contributed by atoms with E-state index in [0.717, 1.165) is 33.6 Å². The number of amides is 3. The Balaban J connectivity index is 1.51. The summed E-state index contributed by atoms with van der Waals surface area (Å²) in [6.07, 6.45) is 4.03. The van der Waals surface area contributed by atoms with Crippen LogP contribution in [-0.4, -0.2) is 51.3 Å². The average Bonchev–Trinajstić information content (AvgIpc) is 3.02. The highest BCUT2D eigenvalue weighted by Crippen LogP contribution is 2.32. The molecule has 1 N–H and O–H groups in total. The lowest BCUT2D eigenvalue weighted by Crippen LogP contribution is -2.37. The van der Waals surface area contributed by atoms with Gasteiger partial charge in [-0.05, 0) is 56.0 Å². The van der Waals surface area contributed by atoms with Gasteiger partial charge in [-0.2, -0.15) is 0 Å². The lowest BCUT2D eigenvalue weighted by atomic mass is 10.1. The highest BCUT2D eigenvalue weighted by molar-refractivity contribution is 8.18. The van der Waals surface area contributed by atoms with Gasteiger partial charge >= 0.3 is 0 Å². The molecule has 0 saturated carbocycles. The van der Waals surface area contributed by atoms with Crippen molar-refractivity contribution in [1.29, 1.82) is 0 Å². The van der Waals surface area contributed by atoms with E-state index >= 15 is 0 Å². The normalized spacial score (nSPS) is 15.0. The molecule has 7 nitrogen and oxygen atoms in total. The fourth-order valence-corrected chi connectivity index (χ4v) is 4.53. The van der Waals surface area contributed by atoms with Gasteiger partial charge in [-0.15, -0.1) is 0 Å². The molecule has 32 heavy (non-hydrogen) atoms. The Bertz CT molecular complexity index is 1070. The van der Waals surface area contributed by atoms with E-state index in [1.807, 2.05) is 20.1 Å². The fraction of sp³-hybridized carbons (Fsp3) is 0.318. The minimum absolute atomic E-state index is 0.0502. The van der Waals surface area contributed by atoms with Crippen LogP contribution in [-0.2, 0) is 16.0 Å². The molecule has 1 fully saturated rings. The number of nitrogens with zero attached hydrogens (tertiary/aromatic N) is 3. The summed E-state index contributed by atoms with van der Waals surface area (Å²) in [6, 6.07) is 6.03. The maximum atomic E-state index is 13.8. The molecule has 3 amide bonds. The molecule has 0 unspecified atom stereocenters. The molecule has 168 valence electrons. The third-order valence-corrected chi connectivity index (χ3v) is 6.36. The maximum absolute atomic E-state index is 13.8. The quantitative estimate of drug-likeness (QED) is 0.354. The summed E-state index contributed by atoms with van der Waals surface area (Å²) >= 11 is 2.23. The van der Waals surface area contributed by atoms with Crippen LogP contribution in [0, 0.1) is 19.7 Å². The lowest BCUT2D eigenvalue weighted by Gasteiger charge is -2.13. The second-order valence-electron chi connectivity index (χ2n) is 7.06. The summed E-state index contributed by atoms with van der Waals surface area (Å²) < 4.78 is 13.8. The zero-order valence-corrected chi connectivity index (χ0v) is 19.6. The van der Waals surface area contributed by atoms with Crippen molar-refractivity contribution in [1.82, 2.24) is 20.2 Å². The van der Waals surface area contributed by atoms with E-state index in [0.29, 0.717) is 11.6 Å². The molecule has 0 aliphatic carbocycles. The monoisotopic (exact) mass is 474 g/mol. The van der Waals surface area contributed by atoms with Gasteiger partial charge in [-0.3, -0.25) is 19.3 Å². The van der Waals surface area contributed by atoms with Gasteiger partial charge in [0.2, 0.25) is 5.91 Å². The highest BCUT2D eigenvalue weighted by atomic mass is 32.2. The number of benzene rings is 1. The molecule has 1 saturated heterocycles. The van der Waals surface area contributed by atoms with Crippen molar-refractivity contribution >= 4 is 46.7 Å². The molecular formula is C22H23FN4O3S2. The van der Waals surface area contributed by atoms with Crippen LogP contribution in [0.2, 0.25) is 0 Å². The third kappa shape index (κ3) is 5.74. The van der Waals surface area contributed by atoms with E-state index in [2.05, 4.69) is 15.3 Å². The van der Waals surface area contributed by atoms with Crippen LogP contribution in [0.4, 0.5) is 9.18 Å². The minimum atomic E-state index is -0.491. The van der Waals surface area contributed by atoms with Crippen molar-refractivity contribution in [3.63, 3.8) is 0 Å². The summed E-state index contributed by atoms with van der Waals surface area (Å²) in [5, 5.41) is 3.00. The van der Waals surface area contributed by atoms with Gasteiger partial charge in [0.05, 0.1) is 4.91 Å². The number of nitrogens with one attached hydrogen (secondary N) is 1. The molecule has 2 aromatic rings. The molecule has 10 heteroatoms. The summed E-state index contributed by atoms with van der Waals surface area (Å²) in [5.74, 6) is -1.15. The lowest BCUT2D eigenvalue weighted by molar-refractivity contribution is -0.124. The van der Waals surface area contributed by atoms with Gasteiger partial charge in [0.25, 0.3) is 11.1 Å². The van der Waals surface area contributed by atoms with E-state index in [1.165, 1.54) is 30.0 Å². The summed E-state index contributed by atoms with van der Waals surface area (Å²) in [5.41, 5.74) is 2.90. The Morgan fingerprint density at radius 1 is 1.22 bits per heavy atom. The fourth-order valence-electron chi connectivity index (χ4n) is 3.22. The van der Waals surface area contributed by atoms with Gasteiger partial charge in [-0.1, -0.05) is 30.0 Å². The SMILES string of the molecule is CSc1nc(C)c(CCC(=O)NCCN2C(=O)S/C(=C\c3ccccc3F)C2=O)c(C)n1. The molecule has 1 aromatic carbocycles. The van der Waals surface area contributed by atoms with Crippen molar-refractivity contribution in [2.75, 3.05) is 19.3 Å². The molecule has 1 aromatic heterocycles. The number of carbonyl (C=O) groups excluding carboxylic acids is 3. The molecule has 1 aliphatic heterocycles. The number of aryl methyl sites for hydroxylation is 2. The van der Waals surface area contributed by atoms with Crippen molar-refractivity contribution in [2.45, 2.75) is 31.8 Å². The topological polar surface area (TPSA) is 92.3 Å². The number of thioether (sulfide) groups is 2. The van der Waals surface area contributed by atoms with Crippen molar-refractivity contribution in [3.05, 3.63) is 57.5 Å². The number of carbonyl (C=O) groups is 3. The van der Waals surface area contributed by atoms with Crippen molar-refractivity contribution < 1.29 is 18.8 Å². The second-order valence-corrected chi connectivity index (χ2v) is 8.83. The first-order valence-electron chi connectivity index (χ1n) is 9.95. The molecule has 2 heterocycles. The van der Waals surface area contributed by atoms with E-state index in [-0.39, 0.29) is 35.9 Å². The van der Waals surface area contributed by atoms with Crippen LogP contribution in [0.15, 0.2) is 34.3 Å². The molecule has 0 atom stereocenters. The number of hydrogen-bond acceptors (Lipinski definition) is 7. The van der Waals surface area contributed by atoms with Crippen LogP contribution in [0.25, 0.3) is 6.08 Å². The largest absolute Gasteiger partial charge is 0.354 e. The number of aromatic nitrogens is 2. The summed E-state index contributed by atoms with van der Waals surface area (Å²) in [7, 11) is 0. The molecule has 0 spiro atoms. The minimum Gasteiger partial charge on any atom is -0.354 e. The number of rotatable bonds is 8. The van der Waals surface area contributed by atoms with Crippen molar-refractivity contribution in [3.8, 4) is 0 Å². The Labute approximate surface area is 194 Å². The second kappa shape index (κ2) is 10.7. The number of halogens is 1. The smallest absolute Gasteiger partial charge is 0.293 e. The van der Waals surface area contributed by atoms with Crippen molar-refractivity contribution in [2.24, 2.45) is 0 Å². The highest BCUT2D eigenvalue weighted by Gasteiger charge is 2.34. The summed E-state index contributed by atoms with van der Waals surface area (Å²) in [4.78, 5) is 47.0. The van der Waals surface area contributed by atoms with E-state index in [4.69, 9.17) is 0 Å². The van der Waals surface area contributed by atoms with Gasteiger partial charge in [0.15, 0.2) is 5.16 Å². The average molecular weight is 475 g/mol. The first-order valence-corrected chi connectivity index (χ1v) is 12.0. The van der Waals surface area contributed by atoms with Gasteiger partial charge in [-0.25, -0.2) is 14.4 Å². The van der Waals surface area contributed by atoms with Gasteiger partial charge in [0, 0.05) is 36.5 Å². The van der Waals surface area contributed by atoms with Gasteiger partial charge in [0.1, 0.15) is 5.82 Å². The maximum Gasteiger partial charge on any atom is 0.293 e. The zero-order valence-electron chi connectivity index (χ0n) is 18.0. The third-order valence-electron chi connectivity index (χ3n) is 4.91. The van der Waals surface area contributed by atoms with E-state index in [9.17, 15) is 18.8 Å². The van der Waals surface area contributed by atoms with Crippen LogP contribution < -0.4 is 5.32 Å². The van der Waals surface area contributed by atoms with E-state index < -0.39 is 17.0 Å². The Hall–Kier alpha value is -2.72. The standard InChI is InChI=1S/C22H23FN4O3S2/c1-13-16(14(2)26-21(25-13)31-3)8-9-19(28)24-10-11-27-20(29)18(32-22(27)30)12-15-6-4-5-7-17(15)23/h4-7,12H,8-11H2,1-3H3,(H,24,28)/b18-12-. The van der Waals surface area contributed by atoms with Crippen LogP contribution in [0.5, 0.6) is 0 Å².